The van der Waals surface area contributed by atoms with Crippen molar-refractivity contribution in [2.75, 3.05) is 6.54 Å². The highest BCUT2D eigenvalue weighted by Gasteiger charge is 2.13. The molecule has 0 rings (SSSR count). The van der Waals surface area contributed by atoms with E-state index in [1.165, 1.54) is 6.08 Å². The smallest absolute Gasteiger partial charge is 0.234 e. The third-order valence-electron chi connectivity index (χ3n) is 1.67. The van der Waals surface area contributed by atoms with Crippen molar-refractivity contribution < 1.29 is 9.22 Å². The predicted octanol–water partition coefficient (Wildman–Crippen LogP) is 0.178. The first-order valence-corrected chi connectivity index (χ1v) is 4.53. The summed E-state index contributed by atoms with van der Waals surface area (Å²) in [7, 11) is 0.759. The van der Waals surface area contributed by atoms with Crippen molar-refractivity contribution in [1.82, 2.24) is 0 Å². The minimum atomic E-state index is -0.0371. The van der Waals surface area contributed by atoms with Gasteiger partial charge in [-0.2, -0.15) is 0 Å². The van der Waals surface area contributed by atoms with E-state index in [0.29, 0.717) is 6.54 Å². The van der Waals surface area contributed by atoms with Crippen molar-refractivity contribution in [3.05, 3.63) is 0 Å². The van der Waals surface area contributed by atoms with Crippen molar-refractivity contribution in [3.8, 4) is 0 Å². The van der Waals surface area contributed by atoms with E-state index in [1.807, 2.05) is 13.8 Å². The fourth-order valence-corrected chi connectivity index (χ4v) is 0.936. The SMILES string of the molecule is CC(C)(CCCN=C=O)O[SiH3]. The summed E-state index contributed by atoms with van der Waals surface area (Å²) in [6, 6.07) is 0. The molecule has 3 nitrogen and oxygen atoms in total. The third-order valence-corrected chi connectivity index (χ3v) is 2.77. The van der Waals surface area contributed by atoms with Gasteiger partial charge in [-0.25, -0.2) is 9.79 Å². The quantitative estimate of drug-likeness (QED) is 0.257. The summed E-state index contributed by atoms with van der Waals surface area (Å²) >= 11 is 0. The van der Waals surface area contributed by atoms with E-state index in [4.69, 9.17) is 4.43 Å². The molecule has 0 bridgehead atoms. The molecule has 0 aliphatic rings. The van der Waals surface area contributed by atoms with Crippen molar-refractivity contribution in [2.24, 2.45) is 4.99 Å². The van der Waals surface area contributed by atoms with Gasteiger partial charge in [0.1, 0.15) is 10.5 Å². The molecular weight excluding hydrogens is 158 g/mol. The Morgan fingerprint density at radius 3 is 2.73 bits per heavy atom. The normalized spacial score (nSPS) is 11.1. The van der Waals surface area contributed by atoms with Gasteiger partial charge in [0.25, 0.3) is 0 Å². The lowest BCUT2D eigenvalue weighted by molar-refractivity contribution is 0.111. The van der Waals surface area contributed by atoms with Crippen LogP contribution in [0.25, 0.3) is 0 Å². The molecule has 0 N–H and O–H groups in total. The number of isocyanates is 1. The Morgan fingerprint density at radius 2 is 2.27 bits per heavy atom. The van der Waals surface area contributed by atoms with Gasteiger partial charge in [-0.3, -0.25) is 0 Å². The van der Waals surface area contributed by atoms with Gasteiger partial charge in [0, 0.05) is 5.60 Å². The zero-order valence-corrected chi connectivity index (χ0v) is 9.39. The first-order chi connectivity index (χ1) is 5.12. The molecule has 0 aliphatic carbocycles. The van der Waals surface area contributed by atoms with Gasteiger partial charge in [0.15, 0.2) is 0 Å². The van der Waals surface area contributed by atoms with E-state index < -0.39 is 0 Å². The Kier molecular flexibility index (Phi) is 5.03. The van der Waals surface area contributed by atoms with Gasteiger partial charge in [0.2, 0.25) is 6.08 Å². The largest absolute Gasteiger partial charge is 0.423 e. The second-order valence-corrected chi connectivity index (χ2v) is 3.45. The van der Waals surface area contributed by atoms with Gasteiger partial charge < -0.3 is 4.43 Å². The highest BCUT2D eigenvalue weighted by Crippen LogP contribution is 2.14. The number of nitrogens with zero attached hydrogens (tertiary/aromatic N) is 1. The standard InChI is InChI=1S/C7H15NO2Si/c1-7(2,10-11)4-3-5-8-6-9/h3-5H2,1-2,11H3. The molecule has 0 fully saturated rings. The molecule has 64 valence electrons. The van der Waals surface area contributed by atoms with Crippen LogP contribution in [-0.2, 0) is 9.22 Å². The lowest BCUT2D eigenvalue weighted by Gasteiger charge is -2.22. The van der Waals surface area contributed by atoms with Crippen LogP contribution in [0.4, 0.5) is 0 Å². The van der Waals surface area contributed by atoms with E-state index in [9.17, 15) is 4.79 Å². The Morgan fingerprint density at radius 1 is 1.64 bits per heavy atom. The van der Waals surface area contributed by atoms with Crippen LogP contribution in [0.5, 0.6) is 0 Å². The van der Waals surface area contributed by atoms with Crippen LogP contribution >= 0.6 is 0 Å². The molecule has 0 unspecified atom stereocenters. The minimum absolute atomic E-state index is 0.0371. The molecular formula is C7H15NO2Si. The van der Waals surface area contributed by atoms with E-state index >= 15 is 0 Å². The lowest BCUT2D eigenvalue weighted by Crippen LogP contribution is -2.22. The molecule has 0 radical (unpaired) electrons. The second-order valence-electron chi connectivity index (χ2n) is 3.04. The van der Waals surface area contributed by atoms with Crippen LogP contribution in [0.15, 0.2) is 4.99 Å². The Balaban J connectivity index is 3.45. The third kappa shape index (κ3) is 5.98. The van der Waals surface area contributed by atoms with E-state index in [0.717, 1.165) is 23.3 Å². The van der Waals surface area contributed by atoms with Crippen molar-refractivity contribution in [3.63, 3.8) is 0 Å². The molecule has 0 aromatic rings. The van der Waals surface area contributed by atoms with E-state index in [1.54, 1.807) is 0 Å². The van der Waals surface area contributed by atoms with Gasteiger partial charge in [-0.15, -0.1) is 0 Å². The van der Waals surface area contributed by atoms with Crippen LogP contribution in [0.1, 0.15) is 26.7 Å². The molecule has 4 heteroatoms. The maximum Gasteiger partial charge on any atom is 0.234 e. The molecule has 0 aromatic carbocycles. The number of aliphatic imine (C=N–C) groups is 1. The summed E-state index contributed by atoms with van der Waals surface area (Å²) in [6.07, 6.45) is 3.35. The zero-order chi connectivity index (χ0) is 8.74. The van der Waals surface area contributed by atoms with Gasteiger partial charge >= 0.3 is 0 Å². The van der Waals surface area contributed by atoms with Crippen LogP contribution in [0.3, 0.4) is 0 Å². The number of hydrogen-bond acceptors (Lipinski definition) is 3. The first kappa shape index (κ1) is 10.6. The van der Waals surface area contributed by atoms with Crippen LogP contribution in [0.2, 0.25) is 0 Å². The molecule has 0 amide bonds. The number of hydrogen-bond donors (Lipinski definition) is 0. The molecule has 11 heavy (non-hydrogen) atoms. The Bertz CT molecular complexity index is 153. The monoisotopic (exact) mass is 173 g/mol. The Hall–Kier alpha value is -0.443. The molecule has 0 saturated carbocycles. The van der Waals surface area contributed by atoms with Crippen molar-refractivity contribution >= 4 is 16.6 Å². The van der Waals surface area contributed by atoms with Crippen LogP contribution in [0, 0.1) is 0 Å². The van der Waals surface area contributed by atoms with E-state index in [-0.39, 0.29) is 5.60 Å². The summed E-state index contributed by atoms with van der Waals surface area (Å²) in [5.41, 5.74) is -0.0371. The average molecular weight is 173 g/mol. The van der Waals surface area contributed by atoms with E-state index in [2.05, 4.69) is 4.99 Å². The van der Waals surface area contributed by atoms with Crippen LogP contribution in [-0.4, -0.2) is 28.7 Å². The van der Waals surface area contributed by atoms with Crippen molar-refractivity contribution in [1.29, 1.82) is 0 Å². The number of carbonyl (C=O) groups excluding carboxylic acids is 1. The number of rotatable bonds is 5. The van der Waals surface area contributed by atoms with Crippen molar-refractivity contribution in [2.45, 2.75) is 32.3 Å². The highest BCUT2D eigenvalue weighted by atomic mass is 28.2. The van der Waals surface area contributed by atoms with Crippen LogP contribution < -0.4 is 0 Å². The summed E-state index contributed by atoms with van der Waals surface area (Å²) in [5, 5.41) is 0. The van der Waals surface area contributed by atoms with Gasteiger partial charge in [-0.1, -0.05) is 0 Å². The molecule has 0 aliphatic heterocycles. The molecule has 0 aromatic heterocycles. The summed E-state index contributed by atoms with van der Waals surface area (Å²) in [6.45, 7) is 4.66. The summed E-state index contributed by atoms with van der Waals surface area (Å²) < 4.78 is 5.32. The highest BCUT2D eigenvalue weighted by molar-refractivity contribution is 5.98. The predicted molar refractivity (Wildman–Crippen MR) is 47.3 cm³/mol. The fourth-order valence-electron chi connectivity index (χ4n) is 0.732. The van der Waals surface area contributed by atoms with Gasteiger partial charge in [-0.05, 0) is 26.7 Å². The molecule has 0 atom stereocenters. The maximum absolute atomic E-state index is 9.68. The average Bonchev–Trinajstić information content (AvgIpc) is 1.99. The fraction of sp³-hybridized carbons (Fsp3) is 0.857. The maximum atomic E-state index is 9.68. The lowest BCUT2D eigenvalue weighted by atomic mass is 10.0. The zero-order valence-electron chi connectivity index (χ0n) is 7.39. The summed E-state index contributed by atoms with van der Waals surface area (Å²) in [5.74, 6) is 0. The second kappa shape index (κ2) is 5.24. The first-order valence-electron chi connectivity index (χ1n) is 3.71. The minimum Gasteiger partial charge on any atom is -0.423 e. The molecule has 0 saturated heterocycles. The van der Waals surface area contributed by atoms with Gasteiger partial charge in [0.05, 0.1) is 6.54 Å². The molecule has 0 heterocycles. The summed E-state index contributed by atoms with van der Waals surface area (Å²) in [4.78, 5) is 13.1. The topological polar surface area (TPSA) is 38.7 Å². The Labute approximate surface area is 70.4 Å². The molecule has 0 spiro atoms.